The monoisotopic (exact) mass is 549 g/mol. The summed E-state index contributed by atoms with van der Waals surface area (Å²) in [5, 5.41) is 4.45. The highest BCUT2D eigenvalue weighted by molar-refractivity contribution is 9.10. The Hall–Kier alpha value is -1.33. The first-order valence-electron chi connectivity index (χ1n) is 11.1. The van der Waals surface area contributed by atoms with Gasteiger partial charge in [0.1, 0.15) is 0 Å². The van der Waals surface area contributed by atoms with Gasteiger partial charge in [-0.15, -0.1) is 11.3 Å². The Morgan fingerprint density at radius 1 is 0.969 bits per heavy atom. The van der Waals surface area contributed by atoms with Crippen molar-refractivity contribution in [2.24, 2.45) is 5.92 Å². The predicted octanol–water partition coefficient (Wildman–Crippen LogP) is 8.78. The molecule has 1 amide bonds. The van der Waals surface area contributed by atoms with E-state index in [1.807, 2.05) is 24.3 Å². The highest BCUT2D eigenvalue weighted by atomic mass is 79.9. The smallest absolute Gasteiger partial charge is 0.223 e. The quantitative estimate of drug-likeness (QED) is 0.305. The number of carbonyl (C=O) groups is 1. The fourth-order valence-corrected chi connectivity index (χ4v) is 6.32. The van der Waals surface area contributed by atoms with Gasteiger partial charge in [0.15, 0.2) is 0 Å². The number of carbonyl (C=O) groups excluding carboxylic acids is 1. The van der Waals surface area contributed by atoms with Gasteiger partial charge in [0.25, 0.3) is 0 Å². The summed E-state index contributed by atoms with van der Waals surface area (Å²) in [6.07, 6.45) is 7.71. The molecule has 1 N–H and O–H groups in total. The van der Waals surface area contributed by atoms with Gasteiger partial charge in [-0.3, -0.25) is 4.79 Å². The van der Waals surface area contributed by atoms with Crippen LogP contribution < -0.4 is 5.32 Å². The molecule has 0 unspecified atom stereocenters. The molecule has 6 heteroatoms. The Morgan fingerprint density at radius 3 is 2.38 bits per heavy atom. The number of rotatable bonds is 6. The topological polar surface area (TPSA) is 29.1 Å². The van der Waals surface area contributed by atoms with Crippen LogP contribution >= 0.6 is 50.5 Å². The summed E-state index contributed by atoms with van der Waals surface area (Å²) in [6.45, 7) is 0.656. The lowest BCUT2D eigenvalue weighted by atomic mass is 9.99. The number of thiophene rings is 1. The minimum absolute atomic E-state index is 0.183. The minimum atomic E-state index is 0.183. The fourth-order valence-electron chi connectivity index (χ4n) is 4.28. The largest absolute Gasteiger partial charge is 0.356 e. The second-order valence-electron chi connectivity index (χ2n) is 8.32. The lowest BCUT2D eigenvalue weighted by molar-refractivity contribution is -0.125. The van der Waals surface area contributed by atoms with Crippen LogP contribution in [0.4, 0.5) is 0 Å². The third kappa shape index (κ3) is 5.96. The average molecular weight is 551 g/mol. The maximum atomic E-state index is 12.6. The van der Waals surface area contributed by atoms with Crippen LogP contribution in [0.3, 0.4) is 0 Å². The van der Waals surface area contributed by atoms with E-state index in [2.05, 4.69) is 39.4 Å². The van der Waals surface area contributed by atoms with Gasteiger partial charge < -0.3 is 5.32 Å². The zero-order valence-electron chi connectivity index (χ0n) is 17.8. The number of halogens is 3. The number of amides is 1. The third-order valence-electron chi connectivity index (χ3n) is 6.01. The van der Waals surface area contributed by atoms with Crippen LogP contribution in [-0.2, 0) is 11.2 Å². The summed E-state index contributed by atoms with van der Waals surface area (Å²) >= 11 is 17.9. The van der Waals surface area contributed by atoms with Gasteiger partial charge in [-0.1, -0.05) is 83.0 Å². The van der Waals surface area contributed by atoms with Crippen LogP contribution in [0.1, 0.15) is 43.4 Å². The molecule has 1 aliphatic carbocycles. The normalized spacial score (nSPS) is 14.8. The third-order valence-corrected chi connectivity index (χ3v) is 8.32. The number of hydrogen-bond acceptors (Lipinski definition) is 2. The average Bonchev–Trinajstić information content (AvgIpc) is 3.00. The molecule has 1 fully saturated rings. The molecule has 0 aliphatic heterocycles. The van der Waals surface area contributed by atoms with E-state index >= 15 is 0 Å². The summed E-state index contributed by atoms with van der Waals surface area (Å²) in [6, 6.07) is 16.2. The molecule has 1 aliphatic rings. The molecule has 2 aromatic carbocycles. The SMILES string of the molecule is O=C(NCCc1cc(-c2ccc(Br)cc2)c(-c2ccc(Cl)cc2Cl)s1)C1CCCCCC1. The molecule has 0 atom stereocenters. The number of hydrogen-bond donors (Lipinski definition) is 1. The Labute approximate surface area is 212 Å². The van der Waals surface area contributed by atoms with Gasteiger partial charge in [0.05, 0.1) is 5.02 Å². The Bertz CT molecular complexity index is 1070. The lowest BCUT2D eigenvalue weighted by Gasteiger charge is -2.13. The molecule has 1 aromatic heterocycles. The van der Waals surface area contributed by atoms with E-state index < -0.39 is 0 Å². The summed E-state index contributed by atoms with van der Waals surface area (Å²) in [7, 11) is 0. The summed E-state index contributed by atoms with van der Waals surface area (Å²) in [4.78, 5) is 15.0. The van der Waals surface area contributed by atoms with E-state index in [0.29, 0.717) is 16.6 Å². The highest BCUT2D eigenvalue weighted by Gasteiger charge is 2.20. The first-order valence-corrected chi connectivity index (χ1v) is 13.5. The van der Waals surface area contributed by atoms with Crippen molar-refractivity contribution in [1.29, 1.82) is 0 Å². The van der Waals surface area contributed by atoms with Crippen LogP contribution in [0.25, 0.3) is 21.6 Å². The predicted molar refractivity (Wildman–Crippen MR) is 141 cm³/mol. The second kappa shape index (κ2) is 11.2. The molecule has 0 saturated heterocycles. The van der Waals surface area contributed by atoms with Gasteiger partial charge in [0, 0.05) is 42.8 Å². The Balaban J connectivity index is 1.53. The van der Waals surface area contributed by atoms with E-state index in [0.717, 1.165) is 45.3 Å². The van der Waals surface area contributed by atoms with Crippen molar-refractivity contribution in [3.8, 4) is 21.6 Å². The van der Waals surface area contributed by atoms with Crippen LogP contribution in [0.5, 0.6) is 0 Å². The van der Waals surface area contributed by atoms with Crippen LogP contribution in [0, 0.1) is 5.92 Å². The number of benzene rings is 2. The molecular weight excluding hydrogens is 525 g/mol. The molecule has 168 valence electrons. The molecule has 32 heavy (non-hydrogen) atoms. The summed E-state index contributed by atoms with van der Waals surface area (Å²) in [5.74, 6) is 0.403. The van der Waals surface area contributed by atoms with Crippen LogP contribution in [-0.4, -0.2) is 12.5 Å². The standard InChI is InChI=1S/C26H26BrCl2NOS/c27-19-9-7-17(8-10-19)23-16-21(32-25(23)22-12-11-20(28)15-24(22)29)13-14-30-26(31)18-5-3-1-2-4-6-18/h7-12,15-16,18H,1-6,13-14H2,(H,30,31). The van der Waals surface area contributed by atoms with Gasteiger partial charge in [-0.2, -0.15) is 0 Å². The second-order valence-corrected chi connectivity index (χ2v) is 11.2. The van der Waals surface area contributed by atoms with E-state index in [1.165, 1.54) is 30.6 Å². The molecule has 1 heterocycles. The fraction of sp³-hybridized carbons (Fsp3) is 0.346. The first-order chi connectivity index (χ1) is 15.5. The molecule has 1 saturated carbocycles. The van der Waals surface area contributed by atoms with Crippen molar-refractivity contribution in [3.05, 3.63) is 67.9 Å². The molecular formula is C26H26BrCl2NOS. The van der Waals surface area contributed by atoms with Crippen molar-refractivity contribution in [3.63, 3.8) is 0 Å². The van der Waals surface area contributed by atoms with Crippen molar-refractivity contribution in [1.82, 2.24) is 5.32 Å². The van der Waals surface area contributed by atoms with Crippen LogP contribution in [0.15, 0.2) is 53.0 Å². The Kier molecular flexibility index (Phi) is 8.33. The van der Waals surface area contributed by atoms with E-state index in [4.69, 9.17) is 23.2 Å². The van der Waals surface area contributed by atoms with Gasteiger partial charge >= 0.3 is 0 Å². The summed E-state index contributed by atoms with van der Waals surface area (Å²) in [5.41, 5.74) is 3.27. The molecule has 0 radical (unpaired) electrons. The van der Waals surface area contributed by atoms with Crippen LogP contribution in [0.2, 0.25) is 10.0 Å². The molecule has 2 nitrogen and oxygen atoms in total. The van der Waals surface area contributed by atoms with Crippen molar-refractivity contribution in [2.45, 2.75) is 44.9 Å². The highest BCUT2D eigenvalue weighted by Crippen LogP contribution is 2.43. The van der Waals surface area contributed by atoms with E-state index in [1.54, 1.807) is 17.4 Å². The van der Waals surface area contributed by atoms with Crippen molar-refractivity contribution < 1.29 is 4.79 Å². The van der Waals surface area contributed by atoms with Gasteiger partial charge in [-0.05, 0) is 55.2 Å². The first kappa shape index (κ1) is 23.8. The zero-order valence-corrected chi connectivity index (χ0v) is 21.7. The van der Waals surface area contributed by atoms with E-state index in [-0.39, 0.29) is 11.8 Å². The van der Waals surface area contributed by atoms with Crippen molar-refractivity contribution in [2.75, 3.05) is 6.54 Å². The molecule has 4 rings (SSSR count). The Morgan fingerprint density at radius 2 is 1.69 bits per heavy atom. The lowest BCUT2D eigenvalue weighted by Crippen LogP contribution is -2.31. The zero-order chi connectivity index (χ0) is 22.5. The molecule has 0 bridgehead atoms. The molecule has 3 aromatic rings. The maximum absolute atomic E-state index is 12.6. The van der Waals surface area contributed by atoms with E-state index in [9.17, 15) is 4.79 Å². The van der Waals surface area contributed by atoms with Gasteiger partial charge in [-0.25, -0.2) is 0 Å². The van der Waals surface area contributed by atoms with Gasteiger partial charge in [0.2, 0.25) is 5.91 Å². The molecule has 0 spiro atoms. The minimum Gasteiger partial charge on any atom is -0.356 e. The summed E-state index contributed by atoms with van der Waals surface area (Å²) < 4.78 is 1.05. The maximum Gasteiger partial charge on any atom is 0.223 e. The number of nitrogens with one attached hydrogen (secondary N) is 1. The van der Waals surface area contributed by atoms with Crippen molar-refractivity contribution >= 4 is 56.4 Å².